The normalized spacial score (nSPS) is 23.3. The molecule has 6 nitrogen and oxygen atoms in total. The van der Waals surface area contributed by atoms with Crippen LogP contribution in [0.25, 0.3) is 0 Å². The molecule has 0 spiro atoms. The molecule has 1 aromatic rings. The van der Waals surface area contributed by atoms with Gasteiger partial charge in [0.05, 0.1) is 6.42 Å². The Kier molecular flexibility index (Phi) is 4.45. The highest BCUT2D eigenvalue weighted by atomic mass is 32.2. The van der Waals surface area contributed by atoms with E-state index in [1.54, 1.807) is 0 Å². The fourth-order valence-electron chi connectivity index (χ4n) is 2.75. The van der Waals surface area contributed by atoms with Crippen molar-refractivity contribution in [2.75, 3.05) is 5.75 Å². The van der Waals surface area contributed by atoms with Crippen molar-refractivity contribution >= 4 is 40.9 Å². The quantitative estimate of drug-likeness (QED) is 0.783. The molecule has 2 atom stereocenters. The van der Waals surface area contributed by atoms with Crippen LogP contribution >= 0.6 is 23.1 Å². The number of nitrogens with one attached hydrogen (secondary N) is 1. The lowest BCUT2D eigenvalue weighted by Crippen LogP contribution is -2.70. The summed E-state index contributed by atoms with van der Waals surface area (Å²) in [6.07, 6.45) is 0.835. The lowest BCUT2D eigenvalue weighted by Gasteiger charge is -2.49. The third kappa shape index (κ3) is 2.88. The Morgan fingerprint density at radius 1 is 1.48 bits per heavy atom. The molecule has 3 rings (SSSR count). The summed E-state index contributed by atoms with van der Waals surface area (Å²) in [5.41, 5.74) is 0.848. The summed E-state index contributed by atoms with van der Waals surface area (Å²) >= 11 is 2.99. The Bertz CT molecular complexity index is 684. The van der Waals surface area contributed by atoms with Crippen LogP contribution in [0.4, 0.5) is 0 Å². The van der Waals surface area contributed by atoms with Crippen molar-refractivity contribution in [2.24, 2.45) is 0 Å². The van der Waals surface area contributed by atoms with Crippen LogP contribution in [-0.2, 0) is 20.8 Å². The summed E-state index contributed by atoms with van der Waals surface area (Å²) in [6, 6.07) is 3.10. The summed E-state index contributed by atoms with van der Waals surface area (Å²) in [5, 5.41) is 13.7. The molecule has 2 aliphatic heterocycles. The predicted octanol–water partition coefficient (Wildman–Crippen LogP) is 1.44. The SMILES string of the molecule is CCC1=C(C(=O)O)N2C(=O)C(NC(=O)Cc3cccs3)[C@@H]2SC1. The fourth-order valence-corrected chi connectivity index (χ4v) is 4.90. The van der Waals surface area contributed by atoms with Gasteiger partial charge < -0.3 is 10.4 Å². The van der Waals surface area contributed by atoms with Gasteiger partial charge in [0.15, 0.2) is 0 Å². The van der Waals surface area contributed by atoms with Gasteiger partial charge in [0, 0.05) is 10.6 Å². The largest absolute Gasteiger partial charge is 0.477 e. The Morgan fingerprint density at radius 3 is 2.87 bits per heavy atom. The van der Waals surface area contributed by atoms with Crippen molar-refractivity contribution in [3.63, 3.8) is 0 Å². The maximum absolute atomic E-state index is 12.3. The van der Waals surface area contributed by atoms with E-state index in [0.29, 0.717) is 12.2 Å². The number of carboxylic acid groups (broad SMARTS) is 1. The molecule has 1 fully saturated rings. The van der Waals surface area contributed by atoms with E-state index in [-0.39, 0.29) is 29.3 Å². The molecule has 2 N–H and O–H groups in total. The van der Waals surface area contributed by atoms with Crippen LogP contribution in [-0.4, -0.2) is 45.0 Å². The highest BCUT2D eigenvalue weighted by Crippen LogP contribution is 2.41. The van der Waals surface area contributed by atoms with E-state index in [4.69, 9.17) is 0 Å². The molecule has 1 unspecified atom stereocenters. The first-order chi connectivity index (χ1) is 11.0. The zero-order valence-electron chi connectivity index (χ0n) is 12.4. The molecule has 0 saturated carbocycles. The molecule has 1 aromatic heterocycles. The third-order valence-electron chi connectivity index (χ3n) is 3.91. The second kappa shape index (κ2) is 6.37. The summed E-state index contributed by atoms with van der Waals surface area (Å²) in [6.45, 7) is 1.88. The lowest BCUT2D eigenvalue weighted by atomic mass is 10.0. The number of carboxylic acids is 1. The molecule has 23 heavy (non-hydrogen) atoms. The number of aliphatic carboxylic acids is 1. The van der Waals surface area contributed by atoms with Crippen molar-refractivity contribution in [2.45, 2.75) is 31.2 Å². The minimum absolute atomic E-state index is 0.0880. The van der Waals surface area contributed by atoms with E-state index in [1.165, 1.54) is 28.0 Å². The second-order valence-corrected chi connectivity index (χ2v) is 7.46. The van der Waals surface area contributed by atoms with Crippen molar-refractivity contribution in [1.29, 1.82) is 0 Å². The summed E-state index contributed by atoms with van der Waals surface area (Å²) < 4.78 is 0. The minimum atomic E-state index is -1.08. The summed E-state index contributed by atoms with van der Waals surface area (Å²) in [4.78, 5) is 38.1. The van der Waals surface area contributed by atoms with Crippen LogP contribution in [0.15, 0.2) is 28.8 Å². The number of amides is 2. The number of fused-ring (bicyclic) bond motifs is 1. The minimum Gasteiger partial charge on any atom is -0.477 e. The van der Waals surface area contributed by atoms with Gasteiger partial charge >= 0.3 is 5.97 Å². The molecular formula is C15H16N2O4S2. The van der Waals surface area contributed by atoms with Crippen molar-refractivity contribution in [3.8, 4) is 0 Å². The second-order valence-electron chi connectivity index (χ2n) is 5.32. The first-order valence-corrected chi connectivity index (χ1v) is 9.17. The molecule has 0 bridgehead atoms. The van der Waals surface area contributed by atoms with Gasteiger partial charge in [-0.15, -0.1) is 23.1 Å². The highest BCUT2D eigenvalue weighted by Gasteiger charge is 2.53. The van der Waals surface area contributed by atoms with Crippen molar-refractivity contribution < 1.29 is 19.5 Å². The van der Waals surface area contributed by atoms with Crippen LogP contribution in [0.2, 0.25) is 0 Å². The molecular weight excluding hydrogens is 336 g/mol. The zero-order chi connectivity index (χ0) is 16.6. The van der Waals surface area contributed by atoms with E-state index >= 15 is 0 Å². The Balaban J connectivity index is 1.69. The number of thiophene rings is 1. The number of hydrogen-bond donors (Lipinski definition) is 2. The average molecular weight is 352 g/mol. The molecule has 3 heterocycles. The van der Waals surface area contributed by atoms with Gasteiger partial charge in [0.1, 0.15) is 17.1 Å². The fraction of sp³-hybridized carbons (Fsp3) is 0.400. The highest BCUT2D eigenvalue weighted by molar-refractivity contribution is 8.00. The topological polar surface area (TPSA) is 86.7 Å². The standard InChI is InChI=1S/C15H16N2O4S2/c1-2-8-7-23-14-11(13(19)17(14)12(8)15(20)21)16-10(18)6-9-4-3-5-22-9/h3-5,11,14H,2,6-7H2,1H3,(H,16,18)(H,20,21)/t11?,14-/m0/s1. The summed E-state index contributed by atoms with van der Waals surface area (Å²) in [7, 11) is 0. The smallest absolute Gasteiger partial charge is 0.352 e. The zero-order valence-corrected chi connectivity index (χ0v) is 14.1. The average Bonchev–Trinajstić information content (AvgIpc) is 3.03. The summed E-state index contributed by atoms with van der Waals surface area (Å²) in [5.74, 6) is -1.06. The van der Waals surface area contributed by atoms with Gasteiger partial charge in [-0.05, 0) is 23.4 Å². The van der Waals surface area contributed by atoms with Gasteiger partial charge in [-0.3, -0.25) is 14.5 Å². The molecule has 2 amide bonds. The maximum Gasteiger partial charge on any atom is 0.352 e. The van der Waals surface area contributed by atoms with E-state index in [0.717, 1.165) is 10.5 Å². The Hall–Kier alpha value is -1.80. The van der Waals surface area contributed by atoms with E-state index in [1.807, 2.05) is 24.4 Å². The predicted molar refractivity (Wildman–Crippen MR) is 88.0 cm³/mol. The number of rotatable bonds is 5. The number of carbonyl (C=O) groups excluding carboxylic acids is 2. The monoisotopic (exact) mass is 352 g/mol. The van der Waals surface area contributed by atoms with Crippen LogP contribution in [0, 0.1) is 0 Å². The first-order valence-electron chi connectivity index (χ1n) is 7.24. The van der Waals surface area contributed by atoms with Gasteiger partial charge in [-0.2, -0.15) is 0 Å². The van der Waals surface area contributed by atoms with Crippen LogP contribution in [0.3, 0.4) is 0 Å². The van der Waals surface area contributed by atoms with Gasteiger partial charge in [0.2, 0.25) is 5.91 Å². The maximum atomic E-state index is 12.3. The van der Waals surface area contributed by atoms with E-state index in [2.05, 4.69) is 5.32 Å². The van der Waals surface area contributed by atoms with Crippen LogP contribution in [0.5, 0.6) is 0 Å². The molecule has 0 aromatic carbocycles. The molecule has 122 valence electrons. The van der Waals surface area contributed by atoms with E-state index in [9.17, 15) is 19.5 Å². The number of hydrogen-bond acceptors (Lipinski definition) is 5. The number of nitrogens with zero attached hydrogens (tertiary/aromatic N) is 1. The Morgan fingerprint density at radius 2 is 2.26 bits per heavy atom. The van der Waals surface area contributed by atoms with Gasteiger partial charge in [-0.25, -0.2) is 4.79 Å². The van der Waals surface area contributed by atoms with Crippen LogP contribution in [0.1, 0.15) is 18.2 Å². The Labute approximate surface area is 141 Å². The first kappa shape index (κ1) is 16.1. The lowest BCUT2D eigenvalue weighted by molar-refractivity contribution is -0.150. The van der Waals surface area contributed by atoms with Gasteiger partial charge in [0.25, 0.3) is 5.91 Å². The molecule has 1 saturated heterocycles. The molecule has 0 aliphatic carbocycles. The van der Waals surface area contributed by atoms with Crippen LogP contribution < -0.4 is 5.32 Å². The number of thioether (sulfide) groups is 1. The molecule has 0 radical (unpaired) electrons. The van der Waals surface area contributed by atoms with Crippen molar-refractivity contribution in [3.05, 3.63) is 33.7 Å². The molecule has 8 heteroatoms. The van der Waals surface area contributed by atoms with E-state index < -0.39 is 12.0 Å². The third-order valence-corrected chi connectivity index (χ3v) is 6.12. The number of β-lactam (4-membered cyclic amide) rings is 1. The number of carbonyl (C=O) groups is 3. The molecule has 2 aliphatic rings. The van der Waals surface area contributed by atoms with Crippen molar-refractivity contribution in [1.82, 2.24) is 10.2 Å². The van der Waals surface area contributed by atoms with Gasteiger partial charge in [-0.1, -0.05) is 13.0 Å².